The molecule has 1 aromatic rings. The Morgan fingerprint density at radius 3 is 2.52 bits per heavy atom. The van der Waals surface area contributed by atoms with Crippen LogP contribution in [0.5, 0.6) is 5.75 Å². The van der Waals surface area contributed by atoms with Gasteiger partial charge in [0.25, 0.3) is 5.91 Å². The zero-order valence-electron chi connectivity index (χ0n) is 12.5. The van der Waals surface area contributed by atoms with Gasteiger partial charge in [-0.3, -0.25) is 4.79 Å². The lowest BCUT2D eigenvalue weighted by atomic mass is 10.0. The number of hydrogen-bond donors (Lipinski definition) is 1. The van der Waals surface area contributed by atoms with Crippen molar-refractivity contribution in [3.63, 3.8) is 0 Å². The standard InChI is InChI=1S/C17H24N2O2/c20-17(13-21-16-4-2-1-3-5-16)19-10-8-15(9-11-19)18-12-14-6-7-14/h1-5,14-15,18H,6-13H2. The van der Waals surface area contributed by atoms with Crippen LogP contribution in [0.1, 0.15) is 25.7 Å². The average molecular weight is 288 g/mol. The van der Waals surface area contributed by atoms with Crippen LogP contribution in [-0.2, 0) is 4.79 Å². The first-order valence-electron chi connectivity index (χ1n) is 8.00. The summed E-state index contributed by atoms with van der Waals surface area (Å²) >= 11 is 0. The van der Waals surface area contributed by atoms with Crippen LogP contribution in [0.3, 0.4) is 0 Å². The second-order valence-electron chi connectivity index (χ2n) is 6.11. The molecule has 0 unspecified atom stereocenters. The molecule has 1 aliphatic heterocycles. The number of carbonyl (C=O) groups excluding carboxylic acids is 1. The van der Waals surface area contributed by atoms with E-state index in [0.29, 0.717) is 6.04 Å². The number of piperidine rings is 1. The zero-order valence-corrected chi connectivity index (χ0v) is 12.5. The number of benzene rings is 1. The van der Waals surface area contributed by atoms with Crippen LogP contribution < -0.4 is 10.1 Å². The Balaban J connectivity index is 1.36. The molecule has 114 valence electrons. The van der Waals surface area contributed by atoms with Crippen molar-refractivity contribution < 1.29 is 9.53 Å². The van der Waals surface area contributed by atoms with Crippen molar-refractivity contribution in [2.45, 2.75) is 31.7 Å². The maximum absolute atomic E-state index is 12.1. The summed E-state index contributed by atoms with van der Waals surface area (Å²) in [4.78, 5) is 14.1. The van der Waals surface area contributed by atoms with Gasteiger partial charge < -0.3 is 15.0 Å². The van der Waals surface area contributed by atoms with Crippen LogP contribution in [0, 0.1) is 5.92 Å². The molecule has 4 nitrogen and oxygen atoms in total. The predicted octanol–water partition coefficient (Wildman–Crippen LogP) is 2.06. The van der Waals surface area contributed by atoms with E-state index >= 15 is 0 Å². The fourth-order valence-corrected chi connectivity index (χ4v) is 2.74. The van der Waals surface area contributed by atoms with Gasteiger partial charge in [0.1, 0.15) is 5.75 Å². The lowest BCUT2D eigenvalue weighted by molar-refractivity contribution is -0.134. The first-order valence-corrected chi connectivity index (χ1v) is 8.00. The minimum absolute atomic E-state index is 0.0968. The highest BCUT2D eigenvalue weighted by Crippen LogP contribution is 2.28. The Bertz CT molecular complexity index is 451. The predicted molar refractivity (Wildman–Crippen MR) is 82.3 cm³/mol. The van der Waals surface area contributed by atoms with Gasteiger partial charge in [-0.15, -0.1) is 0 Å². The summed E-state index contributed by atoms with van der Waals surface area (Å²) in [6.07, 6.45) is 4.90. The minimum atomic E-state index is 0.0968. The number of rotatable bonds is 6. The summed E-state index contributed by atoms with van der Waals surface area (Å²) in [5, 5.41) is 3.63. The molecule has 3 rings (SSSR count). The normalized spacial score (nSPS) is 19.5. The molecule has 1 N–H and O–H groups in total. The summed E-state index contributed by atoms with van der Waals surface area (Å²) in [7, 11) is 0. The second-order valence-corrected chi connectivity index (χ2v) is 6.11. The van der Waals surface area contributed by atoms with E-state index in [2.05, 4.69) is 5.32 Å². The van der Waals surface area contributed by atoms with Gasteiger partial charge in [-0.2, -0.15) is 0 Å². The van der Waals surface area contributed by atoms with E-state index in [0.717, 1.165) is 44.1 Å². The lowest BCUT2D eigenvalue weighted by Crippen LogP contribution is -2.46. The van der Waals surface area contributed by atoms with Gasteiger partial charge in [0.2, 0.25) is 0 Å². The Morgan fingerprint density at radius 2 is 1.86 bits per heavy atom. The van der Waals surface area contributed by atoms with Gasteiger partial charge in [-0.1, -0.05) is 18.2 Å². The van der Waals surface area contributed by atoms with E-state index in [9.17, 15) is 4.79 Å². The molecule has 0 bridgehead atoms. The molecule has 0 atom stereocenters. The Labute approximate surface area is 126 Å². The van der Waals surface area contributed by atoms with Gasteiger partial charge in [0.05, 0.1) is 0 Å². The van der Waals surface area contributed by atoms with E-state index < -0.39 is 0 Å². The highest BCUT2D eigenvalue weighted by molar-refractivity contribution is 5.77. The van der Waals surface area contributed by atoms with Gasteiger partial charge >= 0.3 is 0 Å². The third kappa shape index (κ3) is 4.46. The van der Waals surface area contributed by atoms with Crippen molar-refractivity contribution >= 4 is 5.91 Å². The summed E-state index contributed by atoms with van der Waals surface area (Å²) < 4.78 is 5.53. The first-order chi connectivity index (χ1) is 10.3. The van der Waals surface area contributed by atoms with Crippen LogP contribution in [0.2, 0.25) is 0 Å². The van der Waals surface area contributed by atoms with Crippen LogP contribution >= 0.6 is 0 Å². The topological polar surface area (TPSA) is 41.6 Å². The number of ether oxygens (including phenoxy) is 1. The number of likely N-dealkylation sites (tertiary alicyclic amines) is 1. The molecule has 0 radical (unpaired) electrons. The molecule has 2 fully saturated rings. The molecule has 1 saturated carbocycles. The van der Waals surface area contributed by atoms with Crippen molar-refractivity contribution in [3.8, 4) is 5.75 Å². The third-order valence-electron chi connectivity index (χ3n) is 4.35. The van der Waals surface area contributed by atoms with Crippen molar-refractivity contribution in [2.75, 3.05) is 26.2 Å². The van der Waals surface area contributed by atoms with Crippen LogP contribution in [-0.4, -0.2) is 43.1 Å². The number of amides is 1. The van der Waals surface area contributed by atoms with Gasteiger partial charge in [-0.25, -0.2) is 0 Å². The van der Waals surface area contributed by atoms with Gasteiger partial charge in [0, 0.05) is 19.1 Å². The first kappa shape index (κ1) is 14.4. The van der Waals surface area contributed by atoms with E-state index in [1.807, 2.05) is 35.2 Å². The Hall–Kier alpha value is -1.55. The molecule has 1 aliphatic carbocycles. The Kier molecular flexibility index (Phi) is 4.76. The summed E-state index contributed by atoms with van der Waals surface area (Å²) in [5.74, 6) is 1.77. The molecule has 4 heteroatoms. The van der Waals surface area contributed by atoms with Crippen LogP contribution in [0.4, 0.5) is 0 Å². The molecule has 1 aromatic carbocycles. The molecular formula is C17H24N2O2. The smallest absolute Gasteiger partial charge is 0.260 e. The highest BCUT2D eigenvalue weighted by Gasteiger charge is 2.25. The molecule has 1 amide bonds. The molecule has 0 spiro atoms. The fourth-order valence-electron chi connectivity index (χ4n) is 2.74. The monoisotopic (exact) mass is 288 g/mol. The minimum Gasteiger partial charge on any atom is -0.484 e. The van der Waals surface area contributed by atoms with E-state index in [1.165, 1.54) is 12.8 Å². The van der Waals surface area contributed by atoms with E-state index in [-0.39, 0.29) is 12.5 Å². The lowest BCUT2D eigenvalue weighted by Gasteiger charge is -2.32. The molecule has 21 heavy (non-hydrogen) atoms. The van der Waals surface area contributed by atoms with E-state index in [1.54, 1.807) is 0 Å². The molecule has 2 aliphatic rings. The number of nitrogens with zero attached hydrogens (tertiary/aromatic N) is 1. The van der Waals surface area contributed by atoms with Crippen molar-refractivity contribution in [1.29, 1.82) is 0 Å². The van der Waals surface area contributed by atoms with Gasteiger partial charge in [-0.05, 0) is 50.3 Å². The van der Waals surface area contributed by atoms with Crippen molar-refractivity contribution in [1.82, 2.24) is 10.2 Å². The maximum atomic E-state index is 12.1. The maximum Gasteiger partial charge on any atom is 0.260 e. The summed E-state index contributed by atoms with van der Waals surface area (Å²) in [5.41, 5.74) is 0. The van der Waals surface area contributed by atoms with Crippen LogP contribution in [0.15, 0.2) is 30.3 Å². The highest BCUT2D eigenvalue weighted by atomic mass is 16.5. The van der Waals surface area contributed by atoms with Gasteiger partial charge in [0.15, 0.2) is 6.61 Å². The number of hydrogen-bond acceptors (Lipinski definition) is 3. The number of para-hydroxylation sites is 1. The van der Waals surface area contributed by atoms with Crippen molar-refractivity contribution in [2.24, 2.45) is 5.92 Å². The third-order valence-corrected chi connectivity index (χ3v) is 4.35. The number of nitrogens with one attached hydrogen (secondary N) is 1. The molecular weight excluding hydrogens is 264 g/mol. The van der Waals surface area contributed by atoms with E-state index in [4.69, 9.17) is 4.74 Å². The quantitative estimate of drug-likeness (QED) is 0.871. The SMILES string of the molecule is O=C(COc1ccccc1)N1CCC(NCC2CC2)CC1. The Morgan fingerprint density at radius 1 is 1.14 bits per heavy atom. The van der Waals surface area contributed by atoms with Crippen LogP contribution in [0.25, 0.3) is 0 Å². The molecule has 1 saturated heterocycles. The summed E-state index contributed by atoms with van der Waals surface area (Å²) in [6, 6.07) is 10.1. The molecule has 0 aromatic heterocycles. The van der Waals surface area contributed by atoms with Crippen molar-refractivity contribution in [3.05, 3.63) is 30.3 Å². The number of carbonyl (C=O) groups is 1. The zero-order chi connectivity index (χ0) is 14.5. The summed E-state index contributed by atoms with van der Waals surface area (Å²) in [6.45, 7) is 3.00. The largest absolute Gasteiger partial charge is 0.484 e. The molecule has 1 heterocycles. The second kappa shape index (κ2) is 6.94. The fraction of sp³-hybridized carbons (Fsp3) is 0.588. The average Bonchev–Trinajstić information content (AvgIpc) is 3.36.